The minimum atomic E-state index is -1.12. The van der Waals surface area contributed by atoms with Crippen LogP contribution in [0.15, 0.2) is 30.5 Å². The number of anilines is 2. The Hall–Kier alpha value is -2.83. The van der Waals surface area contributed by atoms with Gasteiger partial charge in [0.25, 0.3) is 5.91 Å². The fraction of sp³-hybridized carbons (Fsp3) is 0. The number of aromatic carboxylic acids is 1. The van der Waals surface area contributed by atoms with Gasteiger partial charge in [-0.2, -0.15) is 5.10 Å². The molecule has 1 amide bonds. The number of hydrogen-bond donors (Lipinski definition) is 4. The van der Waals surface area contributed by atoms with E-state index in [9.17, 15) is 9.59 Å². The minimum absolute atomic E-state index is 0.00365. The fourth-order valence-electron chi connectivity index (χ4n) is 1.44. The summed E-state index contributed by atoms with van der Waals surface area (Å²) in [5.41, 5.74) is 6.01. The SMILES string of the molecule is Nc1cn[nH]c1C(=O)Nc1ccccc1C(=O)O. The molecule has 0 radical (unpaired) electrons. The van der Waals surface area contributed by atoms with Gasteiger partial charge in [-0.1, -0.05) is 12.1 Å². The number of nitrogens with zero attached hydrogens (tertiary/aromatic N) is 1. The lowest BCUT2D eigenvalue weighted by Gasteiger charge is -2.07. The molecule has 5 N–H and O–H groups in total. The van der Waals surface area contributed by atoms with E-state index >= 15 is 0 Å². The Morgan fingerprint density at radius 1 is 1.33 bits per heavy atom. The third-order valence-corrected chi connectivity index (χ3v) is 2.30. The van der Waals surface area contributed by atoms with Crippen molar-refractivity contribution in [1.29, 1.82) is 0 Å². The summed E-state index contributed by atoms with van der Waals surface area (Å²) in [6.45, 7) is 0. The summed E-state index contributed by atoms with van der Waals surface area (Å²) in [6, 6.07) is 6.09. The fourth-order valence-corrected chi connectivity index (χ4v) is 1.44. The van der Waals surface area contributed by atoms with Gasteiger partial charge in [-0.25, -0.2) is 4.79 Å². The minimum Gasteiger partial charge on any atom is -0.478 e. The summed E-state index contributed by atoms with van der Waals surface area (Å²) >= 11 is 0. The highest BCUT2D eigenvalue weighted by Gasteiger charge is 2.15. The van der Waals surface area contributed by atoms with Crippen LogP contribution < -0.4 is 11.1 Å². The number of para-hydroxylation sites is 1. The molecule has 1 aromatic heterocycles. The Kier molecular flexibility index (Phi) is 2.96. The summed E-state index contributed by atoms with van der Waals surface area (Å²) < 4.78 is 0. The standard InChI is InChI=1S/C11H10N4O3/c12-7-5-13-15-9(7)10(16)14-8-4-2-1-3-6(8)11(17)18/h1-5H,12H2,(H,13,15)(H,14,16)(H,17,18). The van der Waals surface area contributed by atoms with Gasteiger partial charge in [0.1, 0.15) is 5.69 Å². The molecule has 2 rings (SSSR count). The van der Waals surface area contributed by atoms with Crippen molar-refractivity contribution in [2.45, 2.75) is 0 Å². The highest BCUT2D eigenvalue weighted by molar-refractivity contribution is 6.08. The zero-order chi connectivity index (χ0) is 13.1. The van der Waals surface area contributed by atoms with Crippen molar-refractivity contribution in [3.05, 3.63) is 41.7 Å². The van der Waals surface area contributed by atoms with Gasteiger partial charge in [-0.15, -0.1) is 0 Å². The van der Waals surface area contributed by atoms with Crippen LogP contribution in [0.4, 0.5) is 11.4 Å². The van der Waals surface area contributed by atoms with Crippen LogP contribution in [0.25, 0.3) is 0 Å². The Morgan fingerprint density at radius 2 is 2.06 bits per heavy atom. The van der Waals surface area contributed by atoms with E-state index in [2.05, 4.69) is 15.5 Å². The van der Waals surface area contributed by atoms with E-state index in [-0.39, 0.29) is 22.6 Å². The van der Waals surface area contributed by atoms with Gasteiger partial charge in [0.15, 0.2) is 0 Å². The molecule has 0 unspecified atom stereocenters. The van der Waals surface area contributed by atoms with E-state index in [0.717, 1.165) is 0 Å². The molecule has 0 bridgehead atoms. The van der Waals surface area contributed by atoms with E-state index in [1.807, 2.05) is 0 Å². The Bertz CT molecular complexity index is 606. The van der Waals surface area contributed by atoms with Gasteiger partial charge >= 0.3 is 5.97 Å². The Morgan fingerprint density at radius 3 is 2.67 bits per heavy atom. The maximum absolute atomic E-state index is 11.8. The molecule has 0 fully saturated rings. The number of carboxylic acids is 1. The van der Waals surface area contributed by atoms with Crippen LogP contribution in [0.5, 0.6) is 0 Å². The number of hydrogen-bond acceptors (Lipinski definition) is 4. The molecule has 1 heterocycles. The molecule has 0 aliphatic carbocycles. The number of benzene rings is 1. The van der Waals surface area contributed by atoms with Crippen molar-refractivity contribution in [1.82, 2.24) is 10.2 Å². The summed E-state index contributed by atoms with van der Waals surface area (Å²) in [7, 11) is 0. The van der Waals surface area contributed by atoms with Crippen molar-refractivity contribution in [2.75, 3.05) is 11.1 Å². The first-order valence-electron chi connectivity index (χ1n) is 5.02. The molecule has 0 saturated heterocycles. The van der Waals surface area contributed by atoms with E-state index in [1.54, 1.807) is 12.1 Å². The first-order valence-corrected chi connectivity index (χ1v) is 5.02. The number of carbonyl (C=O) groups is 2. The van der Waals surface area contributed by atoms with E-state index in [0.29, 0.717) is 0 Å². The predicted molar refractivity (Wildman–Crippen MR) is 64.4 cm³/mol. The van der Waals surface area contributed by atoms with Gasteiger partial charge in [0, 0.05) is 0 Å². The number of aromatic amines is 1. The number of carbonyl (C=O) groups excluding carboxylic acids is 1. The largest absolute Gasteiger partial charge is 0.478 e. The quantitative estimate of drug-likeness (QED) is 0.642. The average molecular weight is 246 g/mol. The van der Waals surface area contributed by atoms with Crippen molar-refractivity contribution in [2.24, 2.45) is 0 Å². The van der Waals surface area contributed by atoms with Crippen LogP contribution in [-0.4, -0.2) is 27.2 Å². The number of nitrogens with two attached hydrogens (primary N) is 1. The van der Waals surface area contributed by atoms with E-state index < -0.39 is 11.9 Å². The van der Waals surface area contributed by atoms with Gasteiger partial charge in [-0.05, 0) is 12.1 Å². The summed E-state index contributed by atoms with van der Waals surface area (Å²) in [4.78, 5) is 22.8. The van der Waals surface area contributed by atoms with E-state index in [4.69, 9.17) is 10.8 Å². The topological polar surface area (TPSA) is 121 Å². The molecule has 2 aromatic rings. The molecule has 7 heteroatoms. The third-order valence-electron chi connectivity index (χ3n) is 2.30. The molecule has 0 atom stereocenters. The van der Waals surface area contributed by atoms with Crippen molar-refractivity contribution in [3.63, 3.8) is 0 Å². The first-order chi connectivity index (χ1) is 8.59. The number of nitrogens with one attached hydrogen (secondary N) is 2. The molecule has 0 saturated carbocycles. The predicted octanol–water partition coefficient (Wildman–Crippen LogP) is 0.942. The third kappa shape index (κ3) is 2.14. The Balaban J connectivity index is 2.28. The zero-order valence-electron chi connectivity index (χ0n) is 9.18. The summed E-state index contributed by atoms with van der Waals surface area (Å²) in [6.07, 6.45) is 1.30. The van der Waals surface area contributed by atoms with Gasteiger partial charge < -0.3 is 16.2 Å². The van der Waals surface area contributed by atoms with Gasteiger partial charge in [0.05, 0.1) is 23.1 Å². The number of rotatable bonds is 3. The maximum atomic E-state index is 11.8. The second-order valence-corrected chi connectivity index (χ2v) is 3.51. The summed E-state index contributed by atoms with van der Waals surface area (Å²) in [5.74, 6) is -1.66. The van der Waals surface area contributed by atoms with Crippen LogP contribution in [0, 0.1) is 0 Å². The molecular formula is C11H10N4O3. The van der Waals surface area contributed by atoms with Crippen molar-refractivity contribution < 1.29 is 14.7 Å². The molecule has 92 valence electrons. The van der Waals surface area contributed by atoms with Crippen LogP contribution in [-0.2, 0) is 0 Å². The smallest absolute Gasteiger partial charge is 0.337 e. The molecule has 0 aliphatic heterocycles. The number of nitrogen functional groups attached to an aromatic ring is 1. The second kappa shape index (κ2) is 4.58. The Labute approximate surface area is 102 Å². The molecule has 7 nitrogen and oxygen atoms in total. The first kappa shape index (κ1) is 11.6. The highest BCUT2D eigenvalue weighted by atomic mass is 16.4. The molecule has 0 spiro atoms. The molecule has 18 heavy (non-hydrogen) atoms. The molecule has 1 aromatic carbocycles. The number of H-pyrrole nitrogens is 1. The second-order valence-electron chi connectivity index (χ2n) is 3.51. The van der Waals surface area contributed by atoms with Crippen LogP contribution >= 0.6 is 0 Å². The highest BCUT2D eigenvalue weighted by Crippen LogP contribution is 2.17. The maximum Gasteiger partial charge on any atom is 0.337 e. The lowest BCUT2D eigenvalue weighted by Crippen LogP contribution is -2.16. The van der Waals surface area contributed by atoms with Gasteiger partial charge in [0.2, 0.25) is 0 Å². The molecular weight excluding hydrogens is 236 g/mol. The zero-order valence-corrected chi connectivity index (χ0v) is 9.18. The molecule has 0 aliphatic rings. The van der Waals surface area contributed by atoms with E-state index in [1.165, 1.54) is 18.3 Å². The van der Waals surface area contributed by atoms with Crippen LogP contribution in [0.3, 0.4) is 0 Å². The monoisotopic (exact) mass is 246 g/mol. The number of aromatic nitrogens is 2. The van der Waals surface area contributed by atoms with Gasteiger partial charge in [-0.3, -0.25) is 9.89 Å². The number of amides is 1. The van der Waals surface area contributed by atoms with Crippen LogP contribution in [0.1, 0.15) is 20.8 Å². The van der Waals surface area contributed by atoms with Crippen molar-refractivity contribution >= 4 is 23.3 Å². The van der Waals surface area contributed by atoms with Crippen LogP contribution in [0.2, 0.25) is 0 Å². The lowest BCUT2D eigenvalue weighted by atomic mass is 10.1. The number of carboxylic acid groups (broad SMARTS) is 1. The van der Waals surface area contributed by atoms with Crippen molar-refractivity contribution in [3.8, 4) is 0 Å². The summed E-state index contributed by atoms with van der Waals surface area (Å²) in [5, 5.41) is 17.5. The normalized spacial score (nSPS) is 10.0. The average Bonchev–Trinajstić information content (AvgIpc) is 2.76. The lowest BCUT2D eigenvalue weighted by molar-refractivity contribution is 0.0698.